The number of hydrogen-bond donors (Lipinski definition) is 0. The third kappa shape index (κ3) is 2.65. The topological polar surface area (TPSA) is 30.0 Å². The van der Waals surface area contributed by atoms with Crippen molar-refractivity contribution >= 4 is 5.78 Å². The Labute approximate surface area is 108 Å². The second-order valence-electron chi connectivity index (χ2n) is 4.64. The summed E-state index contributed by atoms with van der Waals surface area (Å²) in [4.78, 5) is 16.7. The van der Waals surface area contributed by atoms with Gasteiger partial charge in [0.15, 0.2) is 5.78 Å². The van der Waals surface area contributed by atoms with Crippen LogP contribution in [0.3, 0.4) is 0 Å². The number of carbonyl (C=O) groups is 1. The molecule has 1 atom stereocenters. The minimum Gasteiger partial charge on any atom is -0.294 e. The number of aryl methyl sites for hydroxylation is 2. The van der Waals surface area contributed by atoms with Crippen LogP contribution >= 0.6 is 0 Å². The predicted octanol–water partition coefficient (Wildman–Crippen LogP) is 3.68. The maximum Gasteiger partial charge on any atom is 0.170 e. The molecule has 0 saturated heterocycles. The molecular weight excluding hydrogens is 222 g/mol. The van der Waals surface area contributed by atoms with Crippen LogP contribution in [0, 0.1) is 13.8 Å². The lowest BCUT2D eigenvalue weighted by Crippen LogP contribution is -2.10. The van der Waals surface area contributed by atoms with Gasteiger partial charge >= 0.3 is 0 Å². The number of nitrogens with zero attached hydrogens (tertiary/aromatic N) is 1. The van der Waals surface area contributed by atoms with Crippen molar-refractivity contribution in [2.75, 3.05) is 0 Å². The van der Waals surface area contributed by atoms with E-state index in [2.05, 4.69) is 4.98 Å². The Hall–Kier alpha value is -1.96. The molecule has 0 bridgehead atoms. The second kappa shape index (κ2) is 5.13. The Morgan fingerprint density at radius 2 is 1.61 bits per heavy atom. The standard InChI is InChI=1S/C16H17NO/c1-11-9-15(10-12(2)17-11)13(3)16(18)14-7-5-4-6-8-14/h4-10,13H,1-3H3. The first kappa shape index (κ1) is 12.5. The van der Waals surface area contributed by atoms with Gasteiger partial charge in [-0.1, -0.05) is 37.3 Å². The van der Waals surface area contributed by atoms with Crippen LogP contribution in [0.4, 0.5) is 0 Å². The van der Waals surface area contributed by atoms with Gasteiger partial charge in [0.2, 0.25) is 0 Å². The van der Waals surface area contributed by atoms with Gasteiger partial charge in [0.05, 0.1) is 0 Å². The van der Waals surface area contributed by atoms with Crippen molar-refractivity contribution in [2.24, 2.45) is 0 Å². The SMILES string of the molecule is Cc1cc(C(C)C(=O)c2ccccc2)cc(C)n1. The lowest BCUT2D eigenvalue weighted by atomic mass is 9.92. The van der Waals surface area contributed by atoms with Crippen LogP contribution in [0.1, 0.15) is 40.2 Å². The van der Waals surface area contributed by atoms with Crippen LogP contribution in [-0.4, -0.2) is 10.8 Å². The molecule has 0 radical (unpaired) electrons. The number of Topliss-reactive ketones (excluding diaryl/α,β-unsaturated/α-hetero) is 1. The van der Waals surface area contributed by atoms with E-state index < -0.39 is 0 Å². The molecule has 2 heteroatoms. The van der Waals surface area contributed by atoms with Crippen molar-refractivity contribution in [2.45, 2.75) is 26.7 Å². The van der Waals surface area contributed by atoms with Gasteiger partial charge in [0.25, 0.3) is 0 Å². The Morgan fingerprint density at radius 3 is 2.17 bits per heavy atom. The summed E-state index contributed by atoms with van der Waals surface area (Å²) < 4.78 is 0. The first-order chi connectivity index (χ1) is 8.58. The number of pyridine rings is 1. The molecule has 0 fully saturated rings. The normalized spacial score (nSPS) is 12.2. The Bertz CT molecular complexity index is 540. The number of hydrogen-bond acceptors (Lipinski definition) is 2. The highest BCUT2D eigenvalue weighted by molar-refractivity contribution is 6.00. The minimum atomic E-state index is -0.132. The largest absolute Gasteiger partial charge is 0.294 e. The highest BCUT2D eigenvalue weighted by Crippen LogP contribution is 2.21. The minimum absolute atomic E-state index is 0.132. The summed E-state index contributed by atoms with van der Waals surface area (Å²) in [7, 11) is 0. The molecule has 0 aliphatic heterocycles. The number of carbonyl (C=O) groups excluding carboxylic acids is 1. The van der Waals surface area contributed by atoms with Crippen LogP contribution < -0.4 is 0 Å². The lowest BCUT2D eigenvalue weighted by molar-refractivity contribution is 0.0966. The summed E-state index contributed by atoms with van der Waals surface area (Å²) in [5, 5.41) is 0. The number of aromatic nitrogens is 1. The molecule has 2 rings (SSSR count). The molecule has 0 spiro atoms. The summed E-state index contributed by atoms with van der Waals surface area (Å²) in [6.07, 6.45) is 0. The van der Waals surface area contributed by atoms with Crippen molar-refractivity contribution in [1.82, 2.24) is 4.98 Å². The fourth-order valence-electron chi connectivity index (χ4n) is 2.12. The van der Waals surface area contributed by atoms with E-state index in [1.54, 1.807) is 0 Å². The fraction of sp³-hybridized carbons (Fsp3) is 0.250. The highest BCUT2D eigenvalue weighted by Gasteiger charge is 2.17. The molecule has 0 saturated carbocycles. The third-order valence-electron chi connectivity index (χ3n) is 3.06. The molecule has 0 N–H and O–H groups in total. The fourth-order valence-corrected chi connectivity index (χ4v) is 2.12. The molecule has 1 aromatic heterocycles. The van der Waals surface area contributed by atoms with Crippen molar-refractivity contribution in [3.8, 4) is 0 Å². The van der Waals surface area contributed by atoms with Gasteiger partial charge in [0, 0.05) is 22.9 Å². The van der Waals surface area contributed by atoms with Gasteiger partial charge < -0.3 is 0 Å². The van der Waals surface area contributed by atoms with E-state index in [1.165, 1.54) is 0 Å². The van der Waals surface area contributed by atoms with Gasteiger partial charge in [-0.15, -0.1) is 0 Å². The Balaban J connectivity index is 2.31. The van der Waals surface area contributed by atoms with Crippen LogP contribution in [0.15, 0.2) is 42.5 Å². The van der Waals surface area contributed by atoms with E-state index >= 15 is 0 Å². The molecule has 0 aliphatic carbocycles. The van der Waals surface area contributed by atoms with Crippen LogP contribution in [0.5, 0.6) is 0 Å². The van der Waals surface area contributed by atoms with Crippen molar-refractivity contribution in [3.05, 3.63) is 65.0 Å². The number of ketones is 1. The molecular formula is C16H17NO. The average Bonchev–Trinajstić information content (AvgIpc) is 2.37. The quantitative estimate of drug-likeness (QED) is 0.765. The molecule has 1 unspecified atom stereocenters. The zero-order valence-corrected chi connectivity index (χ0v) is 11.0. The third-order valence-corrected chi connectivity index (χ3v) is 3.06. The molecule has 1 heterocycles. The lowest BCUT2D eigenvalue weighted by Gasteiger charge is -2.12. The van der Waals surface area contributed by atoms with E-state index in [0.717, 1.165) is 22.5 Å². The summed E-state index contributed by atoms with van der Waals surface area (Å²) in [6.45, 7) is 5.86. The van der Waals surface area contributed by atoms with Crippen molar-refractivity contribution in [1.29, 1.82) is 0 Å². The summed E-state index contributed by atoms with van der Waals surface area (Å²) >= 11 is 0. The summed E-state index contributed by atoms with van der Waals surface area (Å²) in [6, 6.07) is 13.4. The molecule has 2 aromatic rings. The first-order valence-electron chi connectivity index (χ1n) is 6.12. The molecule has 18 heavy (non-hydrogen) atoms. The highest BCUT2D eigenvalue weighted by atomic mass is 16.1. The van der Waals surface area contributed by atoms with Gasteiger partial charge in [-0.05, 0) is 31.5 Å². The smallest absolute Gasteiger partial charge is 0.170 e. The monoisotopic (exact) mass is 239 g/mol. The van der Waals surface area contributed by atoms with Crippen LogP contribution in [0.2, 0.25) is 0 Å². The van der Waals surface area contributed by atoms with E-state index in [4.69, 9.17) is 0 Å². The molecule has 0 aliphatic rings. The second-order valence-corrected chi connectivity index (χ2v) is 4.64. The number of benzene rings is 1. The molecule has 92 valence electrons. The van der Waals surface area contributed by atoms with E-state index in [-0.39, 0.29) is 11.7 Å². The summed E-state index contributed by atoms with van der Waals surface area (Å²) in [5.41, 5.74) is 3.71. The van der Waals surface area contributed by atoms with Crippen molar-refractivity contribution < 1.29 is 4.79 Å². The van der Waals surface area contributed by atoms with Crippen LogP contribution in [0.25, 0.3) is 0 Å². The first-order valence-corrected chi connectivity index (χ1v) is 6.12. The van der Waals surface area contributed by atoms with Crippen LogP contribution in [-0.2, 0) is 0 Å². The Morgan fingerprint density at radius 1 is 1.06 bits per heavy atom. The maximum atomic E-state index is 12.3. The molecule has 0 amide bonds. The van der Waals surface area contributed by atoms with E-state index in [9.17, 15) is 4.79 Å². The predicted molar refractivity (Wildman–Crippen MR) is 72.9 cm³/mol. The average molecular weight is 239 g/mol. The zero-order chi connectivity index (χ0) is 13.1. The zero-order valence-electron chi connectivity index (χ0n) is 11.0. The van der Waals surface area contributed by atoms with Gasteiger partial charge in [-0.2, -0.15) is 0 Å². The Kier molecular flexibility index (Phi) is 3.56. The van der Waals surface area contributed by atoms with Crippen molar-refractivity contribution in [3.63, 3.8) is 0 Å². The summed E-state index contributed by atoms with van der Waals surface area (Å²) in [5.74, 6) is 0.0217. The van der Waals surface area contributed by atoms with Gasteiger partial charge in [-0.25, -0.2) is 0 Å². The number of rotatable bonds is 3. The molecule has 2 nitrogen and oxygen atoms in total. The van der Waals surface area contributed by atoms with Gasteiger partial charge in [-0.3, -0.25) is 9.78 Å². The van der Waals surface area contributed by atoms with E-state index in [1.807, 2.05) is 63.2 Å². The van der Waals surface area contributed by atoms with E-state index in [0.29, 0.717) is 0 Å². The maximum absolute atomic E-state index is 12.3. The van der Waals surface area contributed by atoms with Gasteiger partial charge in [0.1, 0.15) is 0 Å². The molecule has 1 aromatic carbocycles.